The molecule has 0 radical (unpaired) electrons. The third-order valence-electron chi connectivity index (χ3n) is 4.89. The molecule has 4 rings (SSSR count). The number of hydrogen-bond acceptors (Lipinski definition) is 4. The van der Waals surface area contributed by atoms with Crippen LogP contribution < -0.4 is 5.32 Å². The Morgan fingerprint density at radius 2 is 1.81 bits per heavy atom. The normalized spacial score (nSPS) is 11.0. The summed E-state index contributed by atoms with van der Waals surface area (Å²) < 4.78 is 15.4. The molecule has 158 valence electrons. The Bertz CT molecular complexity index is 1170. The van der Waals surface area contributed by atoms with E-state index in [1.54, 1.807) is 36.3 Å². The molecule has 0 aliphatic heterocycles. The van der Waals surface area contributed by atoms with Gasteiger partial charge in [-0.1, -0.05) is 43.0 Å². The van der Waals surface area contributed by atoms with E-state index in [0.717, 1.165) is 39.5 Å². The van der Waals surface area contributed by atoms with Crippen LogP contribution in [0.4, 0.5) is 4.39 Å². The zero-order valence-electron chi connectivity index (χ0n) is 17.2. The fourth-order valence-corrected chi connectivity index (χ4v) is 4.19. The lowest BCUT2D eigenvalue weighted by Crippen LogP contribution is -2.23. The van der Waals surface area contributed by atoms with E-state index in [1.807, 2.05) is 37.3 Å². The van der Waals surface area contributed by atoms with E-state index in [0.29, 0.717) is 18.7 Å². The van der Waals surface area contributed by atoms with E-state index in [1.165, 1.54) is 12.1 Å². The predicted molar refractivity (Wildman–Crippen MR) is 122 cm³/mol. The number of nitrogens with one attached hydrogen (secondary N) is 1. The monoisotopic (exact) mass is 434 g/mol. The molecule has 1 amide bonds. The highest BCUT2D eigenvalue weighted by Gasteiger charge is 2.13. The second-order valence-corrected chi connectivity index (χ2v) is 8.16. The molecule has 31 heavy (non-hydrogen) atoms. The average Bonchev–Trinajstić information content (AvgIpc) is 3.15. The summed E-state index contributed by atoms with van der Waals surface area (Å²) in [6.45, 7) is 3.29. The Morgan fingerprint density at radius 1 is 1.06 bits per heavy atom. The summed E-state index contributed by atoms with van der Waals surface area (Å²) in [6, 6.07) is 16.1. The van der Waals surface area contributed by atoms with Crippen LogP contribution in [-0.4, -0.2) is 27.0 Å². The number of amides is 1. The molecule has 0 spiro atoms. The van der Waals surface area contributed by atoms with Crippen molar-refractivity contribution in [1.82, 2.24) is 19.9 Å². The molecule has 7 heteroatoms. The number of imidazole rings is 1. The standard InChI is InChI=1S/C24H23FN4OS/c1-2-12-27-23(30)19-7-3-18(4-8-19)16-31-24-28-21-11-13-26-14-22(21)29(24)15-17-5-9-20(25)10-6-17/h3-11,13-14H,2,12,15-16H2,1H3,(H,27,30). The van der Waals surface area contributed by atoms with Crippen molar-refractivity contribution in [3.05, 3.63) is 89.5 Å². The molecule has 2 heterocycles. The number of aromatic nitrogens is 3. The molecule has 5 nitrogen and oxygen atoms in total. The van der Waals surface area contributed by atoms with E-state index in [4.69, 9.17) is 4.98 Å². The molecule has 0 saturated carbocycles. The summed E-state index contributed by atoms with van der Waals surface area (Å²) in [5.41, 5.74) is 4.58. The van der Waals surface area contributed by atoms with Crippen molar-refractivity contribution in [3.63, 3.8) is 0 Å². The molecule has 1 N–H and O–H groups in total. The quantitative estimate of drug-likeness (QED) is 0.394. The van der Waals surface area contributed by atoms with Gasteiger partial charge in [-0.05, 0) is 47.9 Å². The zero-order valence-corrected chi connectivity index (χ0v) is 18.0. The average molecular weight is 435 g/mol. The minimum absolute atomic E-state index is 0.0466. The summed E-state index contributed by atoms with van der Waals surface area (Å²) in [5.74, 6) is 0.425. The molecule has 0 saturated heterocycles. The fourth-order valence-electron chi connectivity index (χ4n) is 3.22. The number of hydrogen-bond donors (Lipinski definition) is 1. The Balaban J connectivity index is 1.51. The molecule has 4 aromatic rings. The topological polar surface area (TPSA) is 59.8 Å². The van der Waals surface area contributed by atoms with Gasteiger partial charge in [0.2, 0.25) is 0 Å². The molecule has 0 fully saturated rings. The van der Waals surface area contributed by atoms with Crippen LogP contribution in [0.5, 0.6) is 0 Å². The summed E-state index contributed by atoms with van der Waals surface area (Å²) in [6.07, 6.45) is 4.45. The number of thioether (sulfide) groups is 1. The van der Waals surface area contributed by atoms with Crippen molar-refractivity contribution >= 4 is 28.7 Å². The van der Waals surface area contributed by atoms with Gasteiger partial charge < -0.3 is 9.88 Å². The van der Waals surface area contributed by atoms with Gasteiger partial charge in [0.25, 0.3) is 5.91 Å². The van der Waals surface area contributed by atoms with Crippen molar-refractivity contribution < 1.29 is 9.18 Å². The van der Waals surface area contributed by atoms with Gasteiger partial charge in [-0.15, -0.1) is 0 Å². The van der Waals surface area contributed by atoms with Crippen LogP contribution in [0.25, 0.3) is 11.0 Å². The van der Waals surface area contributed by atoms with Crippen molar-refractivity contribution in [3.8, 4) is 0 Å². The second kappa shape index (κ2) is 9.75. The first-order valence-corrected chi connectivity index (χ1v) is 11.2. The third-order valence-corrected chi connectivity index (χ3v) is 5.94. The van der Waals surface area contributed by atoms with Gasteiger partial charge in [0.05, 0.1) is 23.8 Å². The van der Waals surface area contributed by atoms with Crippen LogP contribution in [0, 0.1) is 5.82 Å². The highest BCUT2D eigenvalue weighted by atomic mass is 32.2. The molecule has 2 aromatic heterocycles. The first-order valence-electron chi connectivity index (χ1n) is 10.2. The molecule has 2 aromatic carbocycles. The number of carbonyl (C=O) groups excluding carboxylic acids is 1. The van der Waals surface area contributed by atoms with Crippen LogP contribution in [0.15, 0.2) is 72.1 Å². The van der Waals surface area contributed by atoms with E-state index in [9.17, 15) is 9.18 Å². The molecule has 0 bridgehead atoms. The lowest BCUT2D eigenvalue weighted by atomic mass is 10.1. The molecular weight excluding hydrogens is 411 g/mol. The largest absolute Gasteiger partial charge is 0.352 e. The van der Waals surface area contributed by atoms with E-state index in [2.05, 4.69) is 14.9 Å². The van der Waals surface area contributed by atoms with Crippen molar-refractivity contribution in [2.24, 2.45) is 0 Å². The Kier molecular flexibility index (Phi) is 6.62. The third kappa shape index (κ3) is 5.11. The SMILES string of the molecule is CCCNC(=O)c1ccc(CSc2nc3ccncc3n2Cc2ccc(F)cc2)cc1. The van der Waals surface area contributed by atoms with Gasteiger partial charge in [-0.3, -0.25) is 9.78 Å². The molecular formula is C24H23FN4OS. The van der Waals surface area contributed by atoms with Crippen LogP contribution >= 0.6 is 11.8 Å². The molecule has 0 unspecified atom stereocenters. The number of benzene rings is 2. The first kappa shape index (κ1) is 21.1. The number of carbonyl (C=O) groups is 1. The fraction of sp³-hybridized carbons (Fsp3) is 0.208. The number of halogens is 1. The minimum Gasteiger partial charge on any atom is -0.352 e. The number of pyridine rings is 1. The maximum absolute atomic E-state index is 13.3. The Morgan fingerprint density at radius 3 is 2.55 bits per heavy atom. The van der Waals surface area contributed by atoms with Crippen molar-refractivity contribution in [2.45, 2.75) is 30.8 Å². The second-order valence-electron chi connectivity index (χ2n) is 7.21. The molecule has 0 aliphatic rings. The highest BCUT2D eigenvalue weighted by molar-refractivity contribution is 7.98. The van der Waals surface area contributed by atoms with E-state index in [-0.39, 0.29) is 11.7 Å². The summed E-state index contributed by atoms with van der Waals surface area (Å²) in [7, 11) is 0. The number of nitrogens with zero attached hydrogens (tertiary/aromatic N) is 3. The van der Waals surface area contributed by atoms with E-state index < -0.39 is 0 Å². The summed E-state index contributed by atoms with van der Waals surface area (Å²) >= 11 is 1.63. The number of rotatable bonds is 8. The van der Waals surface area contributed by atoms with Crippen molar-refractivity contribution in [2.75, 3.05) is 6.54 Å². The van der Waals surface area contributed by atoms with Gasteiger partial charge in [0, 0.05) is 24.1 Å². The Hall–Kier alpha value is -3.19. The van der Waals surface area contributed by atoms with Crippen LogP contribution in [0.2, 0.25) is 0 Å². The maximum atomic E-state index is 13.3. The van der Waals surface area contributed by atoms with Gasteiger partial charge >= 0.3 is 0 Å². The van der Waals surface area contributed by atoms with Gasteiger partial charge in [0.1, 0.15) is 5.82 Å². The molecule has 0 aliphatic carbocycles. The van der Waals surface area contributed by atoms with Gasteiger partial charge in [0.15, 0.2) is 5.16 Å². The lowest BCUT2D eigenvalue weighted by molar-refractivity contribution is 0.0953. The smallest absolute Gasteiger partial charge is 0.251 e. The summed E-state index contributed by atoms with van der Waals surface area (Å²) in [4.78, 5) is 21.1. The van der Waals surface area contributed by atoms with E-state index >= 15 is 0 Å². The first-order chi connectivity index (χ1) is 15.1. The maximum Gasteiger partial charge on any atom is 0.251 e. The minimum atomic E-state index is -0.248. The highest BCUT2D eigenvalue weighted by Crippen LogP contribution is 2.27. The van der Waals surface area contributed by atoms with Gasteiger partial charge in [-0.25, -0.2) is 9.37 Å². The summed E-state index contributed by atoms with van der Waals surface area (Å²) in [5, 5.41) is 3.76. The molecule has 0 atom stereocenters. The lowest BCUT2D eigenvalue weighted by Gasteiger charge is -2.09. The van der Waals surface area contributed by atoms with Crippen LogP contribution in [-0.2, 0) is 12.3 Å². The van der Waals surface area contributed by atoms with Crippen molar-refractivity contribution in [1.29, 1.82) is 0 Å². The predicted octanol–water partition coefficient (Wildman–Crippen LogP) is 5.05. The Labute approximate surface area is 184 Å². The van der Waals surface area contributed by atoms with Crippen LogP contribution in [0.1, 0.15) is 34.8 Å². The zero-order chi connectivity index (χ0) is 21.6. The van der Waals surface area contributed by atoms with Gasteiger partial charge in [-0.2, -0.15) is 0 Å². The number of fused-ring (bicyclic) bond motifs is 1. The van der Waals surface area contributed by atoms with Crippen LogP contribution in [0.3, 0.4) is 0 Å².